The first-order valence-corrected chi connectivity index (χ1v) is 14.3. The van der Waals surface area contributed by atoms with E-state index < -0.39 is 0 Å². The first kappa shape index (κ1) is 23.5. The Labute approximate surface area is 206 Å². The van der Waals surface area contributed by atoms with E-state index in [4.69, 9.17) is 14.2 Å². The summed E-state index contributed by atoms with van der Waals surface area (Å²) in [5.41, 5.74) is 3.86. The summed E-state index contributed by atoms with van der Waals surface area (Å²) >= 11 is 0. The molecule has 6 rings (SSSR count). The Balaban J connectivity index is 1.26. The van der Waals surface area contributed by atoms with Crippen LogP contribution in [0, 0.1) is 46.3 Å². The van der Waals surface area contributed by atoms with Gasteiger partial charge in [-0.15, -0.1) is 0 Å². The molecule has 3 saturated carbocycles. The lowest BCUT2D eigenvalue weighted by Crippen LogP contribution is -2.53. The van der Waals surface area contributed by atoms with Crippen LogP contribution in [0.5, 0.6) is 0 Å². The third-order valence-corrected chi connectivity index (χ3v) is 12.0. The van der Waals surface area contributed by atoms with Crippen molar-refractivity contribution in [2.45, 2.75) is 117 Å². The molecule has 4 aliphatic carbocycles. The van der Waals surface area contributed by atoms with E-state index in [0.29, 0.717) is 29.3 Å². The maximum absolute atomic E-state index is 11.6. The Hall–Kier alpha value is -0.870. The van der Waals surface area contributed by atoms with Gasteiger partial charge in [-0.25, -0.2) is 0 Å². The number of rotatable bonds is 1. The Morgan fingerprint density at radius 2 is 1.82 bits per heavy atom. The van der Waals surface area contributed by atoms with Crippen LogP contribution >= 0.6 is 0 Å². The molecule has 4 nitrogen and oxygen atoms in total. The monoisotopic (exact) mass is 470 g/mol. The quantitative estimate of drug-likeness (QED) is 0.317. The Morgan fingerprint density at radius 1 is 1.03 bits per heavy atom. The molecule has 1 spiro atoms. The molecule has 0 amide bonds. The van der Waals surface area contributed by atoms with Crippen molar-refractivity contribution in [2.24, 2.45) is 46.3 Å². The zero-order chi connectivity index (χ0) is 24.0. The molecule has 2 saturated heterocycles. The molecule has 11 atom stereocenters. The first-order valence-electron chi connectivity index (χ1n) is 14.3. The van der Waals surface area contributed by atoms with Gasteiger partial charge in [-0.1, -0.05) is 38.8 Å². The van der Waals surface area contributed by atoms with Gasteiger partial charge < -0.3 is 14.2 Å². The fourth-order valence-corrected chi connectivity index (χ4v) is 10.4. The second-order valence-corrected chi connectivity index (χ2v) is 13.7. The molecule has 0 radical (unpaired) electrons. The minimum atomic E-state index is -0.316. The number of hydrogen-bond acceptors (Lipinski definition) is 4. The molecule has 0 bridgehead atoms. The van der Waals surface area contributed by atoms with Crippen LogP contribution in [0.1, 0.15) is 99.3 Å². The highest BCUT2D eigenvalue weighted by Gasteiger charge is 2.68. The van der Waals surface area contributed by atoms with Gasteiger partial charge in [-0.05, 0) is 92.3 Å². The second-order valence-electron chi connectivity index (χ2n) is 13.7. The van der Waals surface area contributed by atoms with Crippen molar-refractivity contribution < 1.29 is 19.0 Å². The highest BCUT2D eigenvalue weighted by atomic mass is 16.7. The number of esters is 1. The van der Waals surface area contributed by atoms with Crippen molar-refractivity contribution >= 4 is 5.97 Å². The fourth-order valence-electron chi connectivity index (χ4n) is 10.4. The van der Waals surface area contributed by atoms with Crippen molar-refractivity contribution in [3.05, 3.63) is 11.1 Å². The molecule has 34 heavy (non-hydrogen) atoms. The van der Waals surface area contributed by atoms with Gasteiger partial charge in [-0.2, -0.15) is 0 Å². The number of carbonyl (C=O) groups excluding carboxylic acids is 1. The lowest BCUT2D eigenvalue weighted by molar-refractivity contribution is -0.272. The van der Waals surface area contributed by atoms with Crippen LogP contribution < -0.4 is 0 Å². The summed E-state index contributed by atoms with van der Waals surface area (Å²) < 4.78 is 19.1. The van der Waals surface area contributed by atoms with E-state index in [1.54, 1.807) is 18.1 Å². The average Bonchev–Trinajstić information content (AvgIpc) is 3.22. The van der Waals surface area contributed by atoms with Crippen LogP contribution in [-0.2, 0) is 19.0 Å². The van der Waals surface area contributed by atoms with E-state index >= 15 is 0 Å². The number of fused-ring (bicyclic) bond motifs is 7. The van der Waals surface area contributed by atoms with Crippen LogP contribution in [-0.4, -0.2) is 30.6 Å². The van der Waals surface area contributed by atoms with E-state index in [2.05, 4.69) is 34.6 Å². The molecule has 190 valence electrons. The molecule has 5 fully saturated rings. The summed E-state index contributed by atoms with van der Waals surface area (Å²) in [5.74, 6) is 3.61. The van der Waals surface area contributed by atoms with Gasteiger partial charge in [0.05, 0.1) is 12.7 Å². The van der Waals surface area contributed by atoms with Crippen LogP contribution in [0.2, 0.25) is 0 Å². The van der Waals surface area contributed by atoms with Gasteiger partial charge in [0, 0.05) is 25.7 Å². The predicted molar refractivity (Wildman–Crippen MR) is 132 cm³/mol. The van der Waals surface area contributed by atoms with E-state index in [1.807, 2.05) is 0 Å². The largest absolute Gasteiger partial charge is 0.462 e. The molecular weight excluding hydrogens is 424 g/mol. The van der Waals surface area contributed by atoms with Gasteiger partial charge >= 0.3 is 5.97 Å². The van der Waals surface area contributed by atoms with Crippen LogP contribution in [0.4, 0.5) is 0 Å². The van der Waals surface area contributed by atoms with E-state index in [9.17, 15) is 4.79 Å². The zero-order valence-corrected chi connectivity index (χ0v) is 22.3. The van der Waals surface area contributed by atoms with Crippen molar-refractivity contribution in [3.63, 3.8) is 0 Å². The number of hydrogen-bond donors (Lipinski definition) is 0. The lowest BCUT2D eigenvalue weighted by atomic mass is 9.46. The highest BCUT2D eigenvalue weighted by molar-refractivity contribution is 5.66. The van der Waals surface area contributed by atoms with E-state index in [1.165, 1.54) is 32.1 Å². The highest BCUT2D eigenvalue weighted by Crippen LogP contribution is 2.71. The maximum Gasteiger partial charge on any atom is 0.302 e. The molecule has 0 N–H and O–H groups in total. The smallest absolute Gasteiger partial charge is 0.302 e. The predicted octanol–water partition coefficient (Wildman–Crippen LogP) is 6.67. The average molecular weight is 471 g/mol. The topological polar surface area (TPSA) is 44.8 Å². The molecular formula is C30H46O4. The number of allylic oxidation sites excluding steroid dienone is 1. The van der Waals surface area contributed by atoms with Crippen molar-refractivity contribution in [2.75, 3.05) is 6.61 Å². The Morgan fingerprint density at radius 3 is 2.53 bits per heavy atom. The van der Waals surface area contributed by atoms with Crippen molar-refractivity contribution in [1.29, 1.82) is 0 Å². The summed E-state index contributed by atoms with van der Waals surface area (Å²) in [6, 6.07) is 0. The molecule has 0 aromatic rings. The molecule has 0 aromatic carbocycles. The molecule has 0 aromatic heterocycles. The Bertz CT molecular complexity index is 884. The van der Waals surface area contributed by atoms with Gasteiger partial charge in [-0.3, -0.25) is 4.79 Å². The zero-order valence-electron chi connectivity index (χ0n) is 22.3. The third kappa shape index (κ3) is 3.19. The summed E-state index contributed by atoms with van der Waals surface area (Å²) in [6.45, 7) is 14.7. The lowest BCUT2D eigenvalue weighted by Gasteiger charge is -2.59. The van der Waals surface area contributed by atoms with E-state index in [0.717, 1.165) is 50.0 Å². The van der Waals surface area contributed by atoms with Gasteiger partial charge in [0.2, 0.25) is 0 Å². The number of carbonyl (C=O) groups is 1. The van der Waals surface area contributed by atoms with Crippen LogP contribution in [0.3, 0.4) is 0 Å². The second kappa shape index (κ2) is 7.81. The first-order chi connectivity index (χ1) is 16.1. The Kier molecular flexibility index (Phi) is 5.41. The molecule has 1 unspecified atom stereocenters. The minimum Gasteiger partial charge on any atom is -0.462 e. The van der Waals surface area contributed by atoms with Crippen molar-refractivity contribution in [1.82, 2.24) is 0 Å². The standard InChI is InChI=1S/C30H46O4/c1-17-7-12-30(32-16-17)19(3)27-26(34-30)15-25-22-13-18(2)24-14-21(33-20(4)31)8-10-28(24,5)23(22)9-11-29(25,27)6/h17,19,21-23,25-27H,7-16H2,1-6H3/t17?,19-,21-,22+,23-,25-,26-,27-,28+,29-,30+/m0/s1. The third-order valence-electron chi connectivity index (χ3n) is 12.0. The minimum absolute atomic E-state index is 0.0791. The molecule has 4 heteroatoms. The maximum atomic E-state index is 11.6. The SMILES string of the molecule is CC(=O)O[C@H]1CC[C@@]2(C)C(=C(C)C[C@H]3[C@@H]4C[C@@H]5O[C@]6(CCC(C)CO6)[C@@H](C)[C@@H]5[C@@]4(C)CC[C@@H]32)C1. The van der Waals surface area contributed by atoms with Gasteiger partial charge in [0.1, 0.15) is 6.10 Å². The molecule has 6 aliphatic rings. The summed E-state index contributed by atoms with van der Waals surface area (Å²) in [7, 11) is 0. The summed E-state index contributed by atoms with van der Waals surface area (Å²) in [4.78, 5) is 11.6. The summed E-state index contributed by atoms with van der Waals surface area (Å²) in [5, 5.41) is 0. The van der Waals surface area contributed by atoms with Crippen LogP contribution in [0.25, 0.3) is 0 Å². The normalized spacial score (nSPS) is 54.3. The van der Waals surface area contributed by atoms with E-state index in [-0.39, 0.29) is 23.3 Å². The molecule has 2 heterocycles. The summed E-state index contributed by atoms with van der Waals surface area (Å²) in [6.07, 6.45) is 11.0. The van der Waals surface area contributed by atoms with Gasteiger partial charge in [0.15, 0.2) is 5.79 Å². The van der Waals surface area contributed by atoms with Crippen molar-refractivity contribution in [3.8, 4) is 0 Å². The van der Waals surface area contributed by atoms with Crippen LogP contribution in [0.15, 0.2) is 11.1 Å². The molecule has 2 aliphatic heterocycles. The van der Waals surface area contributed by atoms with Gasteiger partial charge in [0.25, 0.3) is 0 Å². The fraction of sp³-hybridized carbons (Fsp3) is 0.900. The number of ether oxygens (including phenoxy) is 3.